The highest BCUT2D eigenvalue weighted by molar-refractivity contribution is 5.77. The van der Waals surface area contributed by atoms with Gasteiger partial charge >= 0.3 is 0 Å². The van der Waals surface area contributed by atoms with Gasteiger partial charge in [-0.1, -0.05) is 0 Å². The van der Waals surface area contributed by atoms with Gasteiger partial charge < -0.3 is 25.3 Å². The molecule has 1 heterocycles. The largest absolute Gasteiger partial charge is 0.483 e. The van der Waals surface area contributed by atoms with Crippen LogP contribution in [0.25, 0.3) is 0 Å². The zero-order chi connectivity index (χ0) is 15.4. The Kier molecular flexibility index (Phi) is 4.90. The molecule has 0 aliphatic carbocycles. The fourth-order valence-electron chi connectivity index (χ4n) is 2.11. The van der Waals surface area contributed by atoms with Gasteiger partial charge in [0.1, 0.15) is 5.75 Å². The number of benzene rings is 1. The maximum Gasteiger partial charge on any atom is 0.258 e. The Morgan fingerprint density at radius 1 is 1.33 bits per heavy atom. The summed E-state index contributed by atoms with van der Waals surface area (Å²) >= 11 is 0. The van der Waals surface area contributed by atoms with Crippen LogP contribution in [0.3, 0.4) is 0 Å². The van der Waals surface area contributed by atoms with Crippen LogP contribution >= 0.6 is 0 Å². The molecule has 3 N–H and O–H groups in total. The Bertz CT molecular complexity index is 515. The highest BCUT2D eigenvalue weighted by Crippen LogP contribution is 2.38. The molecule has 6 heteroatoms. The lowest BCUT2D eigenvalue weighted by molar-refractivity contribution is -0.123. The first-order chi connectivity index (χ1) is 9.95. The van der Waals surface area contributed by atoms with Gasteiger partial charge in [0.15, 0.2) is 18.1 Å². The minimum Gasteiger partial charge on any atom is -0.483 e. The van der Waals surface area contributed by atoms with E-state index in [1.165, 1.54) is 0 Å². The van der Waals surface area contributed by atoms with E-state index in [4.69, 9.17) is 19.9 Å². The minimum atomic E-state index is -0.158. The number of hydrogen-bond acceptors (Lipinski definition) is 5. The van der Waals surface area contributed by atoms with Crippen LogP contribution in [0.2, 0.25) is 0 Å². The first-order valence-electron chi connectivity index (χ1n) is 7.06. The average Bonchev–Trinajstić information content (AvgIpc) is 2.81. The minimum absolute atomic E-state index is 0.0165. The molecule has 0 spiro atoms. The van der Waals surface area contributed by atoms with E-state index in [0.29, 0.717) is 23.7 Å². The second-order valence-corrected chi connectivity index (χ2v) is 5.51. The molecule has 2 rings (SSSR count). The van der Waals surface area contributed by atoms with Crippen molar-refractivity contribution in [1.29, 1.82) is 0 Å². The van der Waals surface area contributed by atoms with Gasteiger partial charge in [-0.05, 0) is 38.8 Å². The molecule has 0 saturated heterocycles. The van der Waals surface area contributed by atoms with E-state index in [1.807, 2.05) is 26.8 Å². The third-order valence-electron chi connectivity index (χ3n) is 2.91. The maximum atomic E-state index is 11.7. The van der Waals surface area contributed by atoms with Gasteiger partial charge in [-0.2, -0.15) is 0 Å². The van der Waals surface area contributed by atoms with Crippen LogP contribution in [0.15, 0.2) is 12.1 Å². The van der Waals surface area contributed by atoms with Crippen molar-refractivity contribution in [3.63, 3.8) is 0 Å². The van der Waals surface area contributed by atoms with Crippen molar-refractivity contribution in [2.24, 2.45) is 5.73 Å². The molecule has 116 valence electrons. The van der Waals surface area contributed by atoms with E-state index < -0.39 is 0 Å². The standard InChI is InChI=1S/C15H22N2O4/c1-9(2)17-15(18)7-19-12-6-14-13(20-8-21-14)5-11(12)4-10(3)16/h5-6,9-10H,4,7-8,16H2,1-3H3,(H,17,18). The Morgan fingerprint density at radius 3 is 2.62 bits per heavy atom. The molecule has 6 nitrogen and oxygen atoms in total. The molecule has 0 bridgehead atoms. The molecule has 1 aromatic carbocycles. The third-order valence-corrected chi connectivity index (χ3v) is 2.91. The summed E-state index contributed by atoms with van der Waals surface area (Å²) in [6.07, 6.45) is 0.637. The predicted molar refractivity (Wildman–Crippen MR) is 78.7 cm³/mol. The quantitative estimate of drug-likeness (QED) is 0.824. The second kappa shape index (κ2) is 6.67. The first-order valence-corrected chi connectivity index (χ1v) is 7.06. The number of ether oxygens (including phenoxy) is 3. The van der Waals surface area contributed by atoms with Crippen molar-refractivity contribution < 1.29 is 19.0 Å². The number of carbonyl (C=O) groups is 1. The molecule has 1 aliphatic rings. The highest BCUT2D eigenvalue weighted by atomic mass is 16.7. The summed E-state index contributed by atoms with van der Waals surface area (Å²) in [6.45, 7) is 5.88. The van der Waals surface area contributed by atoms with Gasteiger partial charge in [-0.25, -0.2) is 0 Å². The molecular weight excluding hydrogens is 272 g/mol. The number of hydrogen-bond donors (Lipinski definition) is 2. The summed E-state index contributed by atoms with van der Waals surface area (Å²) in [5, 5.41) is 2.78. The van der Waals surface area contributed by atoms with Crippen molar-refractivity contribution in [3.05, 3.63) is 17.7 Å². The molecule has 1 atom stereocenters. The van der Waals surface area contributed by atoms with E-state index in [0.717, 1.165) is 5.56 Å². The third kappa shape index (κ3) is 4.26. The fraction of sp³-hybridized carbons (Fsp3) is 0.533. The number of carbonyl (C=O) groups excluding carboxylic acids is 1. The SMILES string of the molecule is CC(N)Cc1cc2c(cc1OCC(=O)NC(C)C)OCO2. The Hall–Kier alpha value is -1.95. The number of nitrogens with two attached hydrogens (primary N) is 1. The second-order valence-electron chi connectivity index (χ2n) is 5.51. The summed E-state index contributed by atoms with van der Waals surface area (Å²) < 4.78 is 16.3. The number of nitrogens with one attached hydrogen (secondary N) is 1. The van der Waals surface area contributed by atoms with Gasteiger partial charge in [-0.3, -0.25) is 4.79 Å². The van der Waals surface area contributed by atoms with Crippen LogP contribution in [0.1, 0.15) is 26.3 Å². The highest BCUT2D eigenvalue weighted by Gasteiger charge is 2.19. The normalized spacial score (nSPS) is 14.1. The molecule has 1 aliphatic heterocycles. The van der Waals surface area contributed by atoms with Gasteiger partial charge in [0, 0.05) is 18.2 Å². The van der Waals surface area contributed by atoms with Crippen LogP contribution in [-0.4, -0.2) is 31.4 Å². The molecule has 0 saturated carbocycles. The maximum absolute atomic E-state index is 11.7. The van der Waals surface area contributed by atoms with Crippen LogP contribution in [0.5, 0.6) is 17.2 Å². The predicted octanol–water partition coefficient (Wildman–Crippen LogP) is 1.21. The van der Waals surface area contributed by atoms with Crippen molar-refractivity contribution in [1.82, 2.24) is 5.32 Å². The molecule has 1 amide bonds. The molecule has 0 radical (unpaired) electrons. The smallest absolute Gasteiger partial charge is 0.258 e. The van der Waals surface area contributed by atoms with Crippen LogP contribution < -0.4 is 25.3 Å². The van der Waals surface area contributed by atoms with Gasteiger partial charge in [-0.15, -0.1) is 0 Å². The Morgan fingerprint density at radius 2 is 2.00 bits per heavy atom. The van der Waals surface area contributed by atoms with E-state index >= 15 is 0 Å². The van der Waals surface area contributed by atoms with Crippen molar-refractivity contribution in [3.8, 4) is 17.2 Å². The average molecular weight is 294 g/mol. The van der Waals surface area contributed by atoms with Gasteiger partial charge in [0.25, 0.3) is 5.91 Å². The van der Waals surface area contributed by atoms with Crippen molar-refractivity contribution >= 4 is 5.91 Å². The Labute approximate surface area is 124 Å². The first kappa shape index (κ1) is 15.4. The number of amides is 1. The van der Waals surface area contributed by atoms with Crippen molar-refractivity contribution in [2.75, 3.05) is 13.4 Å². The lowest BCUT2D eigenvalue weighted by atomic mass is 10.1. The summed E-state index contributed by atoms with van der Waals surface area (Å²) in [6, 6.07) is 3.68. The topological polar surface area (TPSA) is 82.8 Å². The van der Waals surface area contributed by atoms with E-state index in [-0.39, 0.29) is 31.4 Å². The van der Waals surface area contributed by atoms with Crippen LogP contribution in [-0.2, 0) is 11.2 Å². The molecule has 0 fully saturated rings. The fourth-order valence-corrected chi connectivity index (χ4v) is 2.11. The Balaban J connectivity index is 2.11. The summed E-state index contributed by atoms with van der Waals surface area (Å²) in [4.78, 5) is 11.7. The molecule has 0 aromatic heterocycles. The monoisotopic (exact) mass is 294 g/mol. The van der Waals surface area contributed by atoms with E-state index in [1.54, 1.807) is 6.07 Å². The van der Waals surface area contributed by atoms with Crippen LogP contribution in [0, 0.1) is 0 Å². The van der Waals surface area contributed by atoms with Crippen LogP contribution in [0.4, 0.5) is 0 Å². The molecule has 21 heavy (non-hydrogen) atoms. The number of rotatable bonds is 6. The lowest BCUT2D eigenvalue weighted by Gasteiger charge is -2.15. The zero-order valence-corrected chi connectivity index (χ0v) is 12.6. The van der Waals surface area contributed by atoms with Crippen molar-refractivity contribution in [2.45, 2.75) is 39.3 Å². The summed E-state index contributed by atoms with van der Waals surface area (Å²) in [7, 11) is 0. The zero-order valence-electron chi connectivity index (χ0n) is 12.6. The van der Waals surface area contributed by atoms with E-state index in [2.05, 4.69) is 5.32 Å². The lowest BCUT2D eigenvalue weighted by Crippen LogP contribution is -2.34. The molecule has 1 aromatic rings. The van der Waals surface area contributed by atoms with Gasteiger partial charge in [0.05, 0.1) is 0 Å². The number of fused-ring (bicyclic) bond motifs is 1. The molecule has 1 unspecified atom stereocenters. The van der Waals surface area contributed by atoms with E-state index in [9.17, 15) is 4.79 Å². The van der Waals surface area contributed by atoms with Gasteiger partial charge in [0.2, 0.25) is 6.79 Å². The molecular formula is C15H22N2O4. The summed E-state index contributed by atoms with van der Waals surface area (Å²) in [5.74, 6) is 1.76. The summed E-state index contributed by atoms with van der Waals surface area (Å²) in [5.41, 5.74) is 6.76.